The molecule has 0 aliphatic carbocycles. The molecule has 3 N–H and O–H groups in total. The van der Waals surface area contributed by atoms with Crippen LogP contribution in [0, 0.1) is 5.82 Å². The molecule has 0 spiro atoms. The molecule has 0 aliphatic rings. The molecule has 0 aromatic heterocycles. The van der Waals surface area contributed by atoms with Gasteiger partial charge in [-0.25, -0.2) is 17.9 Å². The van der Waals surface area contributed by atoms with Crippen molar-refractivity contribution >= 4 is 10.0 Å². The van der Waals surface area contributed by atoms with E-state index in [9.17, 15) is 12.8 Å². The van der Waals surface area contributed by atoms with E-state index in [-0.39, 0.29) is 16.9 Å². The summed E-state index contributed by atoms with van der Waals surface area (Å²) in [7, 11) is -3.86. The third kappa shape index (κ3) is 4.26. The molecule has 6 heteroatoms. The molecule has 0 amide bonds. The fraction of sp³-hybridized carbons (Fsp3) is 0.571. The number of primary sulfonamides is 1. The summed E-state index contributed by atoms with van der Waals surface area (Å²) in [6, 6.07) is 4.01. The molecule has 1 aromatic rings. The smallest absolute Gasteiger partial charge is 0.238 e. The first kappa shape index (κ1) is 17.1. The first-order valence-electron chi connectivity index (χ1n) is 6.86. The Morgan fingerprint density at radius 3 is 2.45 bits per heavy atom. The Morgan fingerprint density at radius 2 is 2.00 bits per heavy atom. The van der Waals surface area contributed by atoms with Crippen LogP contribution in [-0.4, -0.2) is 21.0 Å². The summed E-state index contributed by atoms with van der Waals surface area (Å²) in [5.41, 5.74) is 0.524. The van der Waals surface area contributed by atoms with Crippen LogP contribution in [0.5, 0.6) is 0 Å². The van der Waals surface area contributed by atoms with Crippen LogP contribution < -0.4 is 10.5 Å². The molecule has 0 saturated heterocycles. The molecule has 2 atom stereocenters. The zero-order chi connectivity index (χ0) is 15.3. The van der Waals surface area contributed by atoms with Crippen molar-refractivity contribution in [1.82, 2.24) is 5.32 Å². The summed E-state index contributed by atoms with van der Waals surface area (Å²) in [4.78, 5) is -0.192. The molecule has 114 valence electrons. The van der Waals surface area contributed by atoms with E-state index in [1.165, 1.54) is 12.1 Å². The highest BCUT2D eigenvalue weighted by atomic mass is 32.2. The fourth-order valence-electron chi connectivity index (χ4n) is 2.34. The van der Waals surface area contributed by atoms with Crippen molar-refractivity contribution in [3.63, 3.8) is 0 Å². The van der Waals surface area contributed by atoms with E-state index in [4.69, 9.17) is 5.14 Å². The van der Waals surface area contributed by atoms with Crippen LogP contribution >= 0.6 is 0 Å². The lowest BCUT2D eigenvalue weighted by atomic mass is 9.89. The first-order valence-corrected chi connectivity index (χ1v) is 8.41. The molecule has 0 aliphatic heterocycles. The van der Waals surface area contributed by atoms with Crippen LogP contribution in [-0.2, 0) is 10.0 Å². The monoisotopic (exact) mass is 302 g/mol. The standard InChI is InChI=1S/C14H23FN2O2S/c1-4-8-17-10(3)12(5-2)13-7-6-11(9-14(13)15)20(16,18)19/h6-7,9-10,12,17H,4-5,8H2,1-3H3,(H2,16,18,19). The maximum atomic E-state index is 14.2. The van der Waals surface area contributed by atoms with E-state index in [2.05, 4.69) is 12.2 Å². The van der Waals surface area contributed by atoms with Gasteiger partial charge in [-0.2, -0.15) is 0 Å². The van der Waals surface area contributed by atoms with Gasteiger partial charge in [0, 0.05) is 12.0 Å². The fourth-order valence-corrected chi connectivity index (χ4v) is 2.87. The summed E-state index contributed by atoms with van der Waals surface area (Å²) in [6.45, 7) is 6.94. The Hall–Kier alpha value is -0.980. The predicted octanol–water partition coefficient (Wildman–Crippen LogP) is 2.35. The van der Waals surface area contributed by atoms with E-state index in [0.717, 1.165) is 25.5 Å². The third-order valence-corrected chi connectivity index (χ3v) is 4.37. The highest BCUT2D eigenvalue weighted by Crippen LogP contribution is 2.27. The van der Waals surface area contributed by atoms with Crippen molar-refractivity contribution in [2.45, 2.75) is 50.5 Å². The summed E-state index contributed by atoms with van der Waals surface area (Å²) < 4.78 is 36.6. The quantitative estimate of drug-likeness (QED) is 0.812. The van der Waals surface area contributed by atoms with Crippen LogP contribution in [0.25, 0.3) is 0 Å². The van der Waals surface area contributed by atoms with Crippen molar-refractivity contribution in [2.75, 3.05) is 6.54 Å². The predicted molar refractivity (Wildman–Crippen MR) is 78.6 cm³/mol. The third-order valence-electron chi connectivity index (χ3n) is 3.46. The maximum Gasteiger partial charge on any atom is 0.238 e. The Bertz CT molecular complexity index is 546. The molecule has 1 rings (SSSR count). The molecule has 0 saturated carbocycles. The van der Waals surface area contributed by atoms with Crippen molar-refractivity contribution < 1.29 is 12.8 Å². The number of hydrogen-bond donors (Lipinski definition) is 2. The van der Waals surface area contributed by atoms with E-state index in [0.29, 0.717) is 5.56 Å². The van der Waals surface area contributed by atoms with Gasteiger partial charge in [-0.05, 0) is 44.0 Å². The molecule has 0 radical (unpaired) electrons. The van der Waals surface area contributed by atoms with Gasteiger partial charge < -0.3 is 5.32 Å². The topological polar surface area (TPSA) is 72.2 Å². The molecule has 0 fully saturated rings. The zero-order valence-electron chi connectivity index (χ0n) is 12.2. The molecule has 4 nitrogen and oxygen atoms in total. The van der Waals surface area contributed by atoms with Gasteiger partial charge in [0.1, 0.15) is 5.82 Å². The van der Waals surface area contributed by atoms with Gasteiger partial charge >= 0.3 is 0 Å². The highest BCUT2D eigenvalue weighted by molar-refractivity contribution is 7.89. The molecular weight excluding hydrogens is 279 g/mol. The number of nitrogens with two attached hydrogens (primary N) is 1. The van der Waals surface area contributed by atoms with Crippen molar-refractivity contribution in [2.24, 2.45) is 5.14 Å². The minimum absolute atomic E-state index is 0.00363. The van der Waals surface area contributed by atoms with Crippen molar-refractivity contribution in [3.05, 3.63) is 29.6 Å². The summed E-state index contributed by atoms with van der Waals surface area (Å²) in [6.07, 6.45) is 1.77. The van der Waals surface area contributed by atoms with Gasteiger partial charge in [0.25, 0.3) is 0 Å². The molecule has 0 heterocycles. The number of rotatable bonds is 7. The van der Waals surface area contributed by atoms with Crippen LogP contribution in [0.2, 0.25) is 0 Å². The van der Waals surface area contributed by atoms with E-state index >= 15 is 0 Å². The normalized spacial score (nSPS) is 15.1. The second-order valence-electron chi connectivity index (χ2n) is 4.99. The van der Waals surface area contributed by atoms with Crippen LogP contribution in [0.1, 0.15) is 45.1 Å². The highest BCUT2D eigenvalue weighted by Gasteiger charge is 2.21. The second kappa shape index (κ2) is 7.15. The average molecular weight is 302 g/mol. The van der Waals surface area contributed by atoms with Gasteiger partial charge in [0.15, 0.2) is 0 Å². The number of benzene rings is 1. The largest absolute Gasteiger partial charge is 0.314 e. The van der Waals surface area contributed by atoms with Gasteiger partial charge in [-0.1, -0.05) is 19.9 Å². The lowest BCUT2D eigenvalue weighted by molar-refractivity contribution is 0.435. The van der Waals surface area contributed by atoms with E-state index in [1.54, 1.807) is 0 Å². The minimum atomic E-state index is -3.86. The summed E-state index contributed by atoms with van der Waals surface area (Å²) in [5, 5.41) is 8.35. The Labute approximate surface area is 120 Å². The molecule has 1 aromatic carbocycles. The van der Waals surface area contributed by atoms with E-state index < -0.39 is 15.8 Å². The zero-order valence-corrected chi connectivity index (χ0v) is 13.0. The number of nitrogens with one attached hydrogen (secondary N) is 1. The van der Waals surface area contributed by atoms with Gasteiger partial charge in [0.05, 0.1) is 4.90 Å². The van der Waals surface area contributed by atoms with Gasteiger partial charge in [0.2, 0.25) is 10.0 Å². The molecule has 2 unspecified atom stereocenters. The molecule has 20 heavy (non-hydrogen) atoms. The van der Waals surface area contributed by atoms with Crippen LogP contribution in [0.15, 0.2) is 23.1 Å². The lowest BCUT2D eigenvalue weighted by Gasteiger charge is -2.25. The Kier molecular flexibility index (Phi) is 6.10. The van der Waals surface area contributed by atoms with E-state index in [1.807, 2.05) is 13.8 Å². The SMILES string of the molecule is CCCNC(C)C(CC)c1ccc(S(N)(=O)=O)cc1F. The summed E-state index contributed by atoms with van der Waals surface area (Å²) in [5.74, 6) is -0.524. The maximum absolute atomic E-state index is 14.2. The molecule has 0 bridgehead atoms. The minimum Gasteiger partial charge on any atom is -0.314 e. The Balaban J connectivity index is 3.05. The number of sulfonamides is 1. The Morgan fingerprint density at radius 1 is 1.35 bits per heavy atom. The molecular formula is C14H23FN2O2S. The second-order valence-corrected chi connectivity index (χ2v) is 6.55. The summed E-state index contributed by atoms with van der Waals surface area (Å²) >= 11 is 0. The van der Waals surface area contributed by atoms with Crippen molar-refractivity contribution in [1.29, 1.82) is 0 Å². The van der Waals surface area contributed by atoms with Crippen LogP contribution in [0.4, 0.5) is 4.39 Å². The average Bonchev–Trinajstić information content (AvgIpc) is 2.37. The number of hydrogen-bond acceptors (Lipinski definition) is 3. The lowest BCUT2D eigenvalue weighted by Crippen LogP contribution is -2.33. The number of halogens is 1. The van der Waals surface area contributed by atoms with Gasteiger partial charge in [-0.15, -0.1) is 0 Å². The van der Waals surface area contributed by atoms with Crippen LogP contribution in [0.3, 0.4) is 0 Å². The van der Waals surface area contributed by atoms with Gasteiger partial charge in [-0.3, -0.25) is 0 Å². The van der Waals surface area contributed by atoms with Crippen molar-refractivity contribution in [3.8, 4) is 0 Å². The first-order chi connectivity index (χ1) is 9.31.